The first-order chi connectivity index (χ1) is 33.0. The average molecular weight is 939 g/mol. The molecule has 0 atom stereocenters. The van der Waals surface area contributed by atoms with E-state index in [0.29, 0.717) is 0 Å². The van der Waals surface area contributed by atoms with E-state index in [9.17, 15) is 0 Å². The quantitative estimate of drug-likeness (QED) is 0.165. The Morgan fingerprint density at radius 1 is 0.451 bits per heavy atom. The molecule has 7 aromatic rings. The van der Waals surface area contributed by atoms with Crippen molar-refractivity contribution in [2.45, 2.75) is 188 Å². The molecule has 1 aromatic heterocycles. The molecule has 11 rings (SSSR count). The summed E-state index contributed by atoms with van der Waals surface area (Å²) in [5.74, 6) is 0.936. The maximum atomic E-state index is 7.70. The van der Waals surface area contributed by atoms with Gasteiger partial charge in [0, 0.05) is 39.2 Å². The minimum absolute atomic E-state index is 0.0301. The number of furan rings is 1. The number of hydrogen-bond acceptors (Lipinski definition) is 3. The van der Waals surface area contributed by atoms with E-state index in [0.717, 1.165) is 30.0 Å². The predicted octanol–water partition coefficient (Wildman–Crippen LogP) is 17.1. The molecule has 3 heterocycles. The van der Waals surface area contributed by atoms with Crippen molar-refractivity contribution in [2.75, 3.05) is 9.80 Å². The minimum Gasteiger partial charge on any atom is -0.440 e. The maximum absolute atomic E-state index is 7.70. The Labute approximate surface area is 427 Å². The lowest BCUT2D eigenvalue weighted by Crippen LogP contribution is -2.61. The molecule has 4 aliphatic rings. The Morgan fingerprint density at radius 2 is 0.944 bits per heavy atom. The van der Waals surface area contributed by atoms with Gasteiger partial charge >= 0.3 is 0 Å². The van der Waals surface area contributed by atoms with Crippen molar-refractivity contribution in [2.24, 2.45) is 0 Å². The fraction of sp³-hybridized carbons (Fsp3) is 0.433. The molecule has 0 N–H and O–H groups in total. The fourth-order valence-corrected chi connectivity index (χ4v) is 13.0. The first-order valence-corrected chi connectivity index (χ1v) is 26.9. The molecule has 0 radical (unpaired) electrons. The van der Waals surface area contributed by atoms with Gasteiger partial charge in [-0.2, -0.15) is 0 Å². The van der Waals surface area contributed by atoms with Crippen molar-refractivity contribution >= 4 is 68.4 Å². The third kappa shape index (κ3) is 7.49. The number of fused-ring (bicyclic) bond motifs is 8. The molecule has 4 heteroatoms. The zero-order valence-corrected chi connectivity index (χ0v) is 46.5. The molecule has 0 fully saturated rings. The van der Waals surface area contributed by atoms with E-state index < -0.39 is 0 Å². The van der Waals surface area contributed by atoms with Gasteiger partial charge < -0.3 is 9.32 Å². The summed E-state index contributed by atoms with van der Waals surface area (Å²) in [6.45, 7) is 42.8. The van der Waals surface area contributed by atoms with Crippen LogP contribution in [0.4, 0.5) is 34.3 Å². The molecule has 2 aliphatic heterocycles. The van der Waals surface area contributed by atoms with Gasteiger partial charge in [0.25, 0.3) is 6.71 Å². The Bertz CT molecular complexity index is 3330. The van der Waals surface area contributed by atoms with E-state index >= 15 is 0 Å². The lowest BCUT2D eigenvalue weighted by molar-refractivity contribution is 0.332. The monoisotopic (exact) mass is 939 g/mol. The van der Waals surface area contributed by atoms with Crippen LogP contribution in [0.1, 0.15) is 188 Å². The van der Waals surface area contributed by atoms with Gasteiger partial charge in [0.15, 0.2) is 0 Å². The summed E-state index contributed by atoms with van der Waals surface area (Å²) in [5, 5.41) is 1.23. The van der Waals surface area contributed by atoms with Crippen LogP contribution in [0.25, 0.3) is 22.1 Å². The summed E-state index contributed by atoms with van der Waals surface area (Å²) >= 11 is 0. The van der Waals surface area contributed by atoms with Gasteiger partial charge in [0.2, 0.25) is 5.88 Å². The van der Waals surface area contributed by atoms with Gasteiger partial charge in [-0.25, -0.2) is 0 Å². The van der Waals surface area contributed by atoms with Crippen molar-refractivity contribution in [3.8, 4) is 11.1 Å². The Balaban J connectivity index is 1.27. The number of hydrogen-bond donors (Lipinski definition) is 0. The molecule has 0 saturated carbocycles. The molecule has 0 amide bonds. The second kappa shape index (κ2) is 15.3. The molecule has 0 spiro atoms. The van der Waals surface area contributed by atoms with Crippen LogP contribution in [-0.2, 0) is 37.9 Å². The van der Waals surface area contributed by atoms with Crippen molar-refractivity contribution in [3.05, 3.63) is 148 Å². The van der Waals surface area contributed by atoms with Crippen molar-refractivity contribution < 1.29 is 4.42 Å². The van der Waals surface area contributed by atoms with E-state index in [1.807, 2.05) is 0 Å². The van der Waals surface area contributed by atoms with Crippen LogP contribution in [-0.4, -0.2) is 6.71 Å². The molecule has 0 unspecified atom stereocenters. The van der Waals surface area contributed by atoms with Crippen molar-refractivity contribution in [3.63, 3.8) is 0 Å². The van der Waals surface area contributed by atoms with Gasteiger partial charge in [-0.1, -0.05) is 166 Å². The summed E-state index contributed by atoms with van der Waals surface area (Å²) < 4.78 is 7.70. The number of nitrogens with zero attached hydrogens (tertiary/aromatic N) is 2. The molecular formula is C67H79BN2O. The Hall–Kier alpha value is -5.48. The van der Waals surface area contributed by atoms with Crippen LogP contribution >= 0.6 is 0 Å². The van der Waals surface area contributed by atoms with Gasteiger partial charge in [0.05, 0.1) is 5.69 Å². The summed E-state index contributed by atoms with van der Waals surface area (Å²) in [6.07, 6.45) is 4.66. The van der Waals surface area contributed by atoms with Gasteiger partial charge in [-0.15, -0.1) is 0 Å². The molecule has 2 aliphatic carbocycles. The van der Waals surface area contributed by atoms with Crippen LogP contribution in [0.2, 0.25) is 0 Å². The maximum Gasteiger partial charge on any atom is 0.257 e. The minimum atomic E-state index is -0.0719. The first-order valence-electron chi connectivity index (χ1n) is 26.9. The standard InChI is InChI=1S/C67H79BN2O/c1-40-33-55-59-56(34-40)70(53-27-22-43(62(5,6)7)36-46(53)41-19-26-48-49(35-41)65(13,14)30-29-64(48,11)12)60-58(47-38-50-51(39-57(47)71-60)67(17,18)32-31-66(50,15)16)68(59)52-37-44(63(8,9)10)23-28-54(52)69(55)45-24-20-42(21-25-45)61(2,3)4/h19-28,33-39H,29-32H2,1-18H3. The molecule has 0 saturated heterocycles. The lowest BCUT2D eigenvalue weighted by Gasteiger charge is -2.44. The lowest BCUT2D eigenvalue weighted by atomic mass is 9.33. The van der Waals surface area contributed by atoms with Crippen LogP contribution < -0.4 is 26.2 Å². The highest BCUT2D eigenvalue weighted by Crippen LogP contribution is 2.54. The summed E-state index contributed by atoms with van der Waals surface area (Å²) in [6, 6.07) is 41.5. The van der Waals surface area contributed by atoms with Gasteiger partial charge in [-0.3, -0.25) is 4.90 Å². The van der Waals surface area contributed by atoms with Crippen LogP contribution in [0, 0.1) is 6.92 Å². The number of benzene rings is 6. The zero-order valence-electron chi connectivity index (χ0n) is 46.5. The van der Waals surface area contributed by atoms with Crippen LogP contribution in [0.3, 0.4) is 0 Å². The molecular weight excluding hydrogens is 860 g/mol. The first kappa shape index (κ1) is 47.8. The Morgan fingerprint density at radius 3 is 1.52 bits per heavy atom. The second-order valence-corrected chi connectivity index (χ2v) is 28.1. The molecule has 0 bridgehead atoms. The highest BCUT2D eigenvalue weighted by molar-refractivity contribution is 7.01. The number of aryl methyl sites for hydroxylation is 1. The SMILES string of the molecule is Cc1cc2c3c(c1)N(c1ccc(C(C)(C)C)cc1-c1ccc4c(c1)C(C)(C)CCC4(C)C)c1oc4cc5c(cc4c1B3c1cc(C(C)(C)C)ccc1N2c1ccc(C(C)(C)C)cc1)C(C)(C)CCC5(C)C. The van der Waals surface area contributed by atoms with Gasteiger partial charge in [0.1, 0.15) is 5.58 Å². The predicted molar refractivity (Wildman–Crippen MR) is 307 cm³/mol. The normalized spacial score (nSPS) is 18.4. The summed E-state index contributed by atoms with van der Waals surface area (Å²) in [5.41, 5.74) is 24.7. The molecule has 71 heavy (non-hydrogen) atoms. The van der Waals surface area contributed by atoms with E-state index in [1.165, 1.54) is 113 Å². The van der Waals surface area contributed by atoms with Crippen LogP contribution in [0.15, 0.2) is 108 Å². The molecule has 3 nitrogen and oxygen atoms in total. The number of anilines is 6. The van der Waals surface area contributed by atoms with E-state index in [1.54, 1.807) is 0 Å². The largest absolute Gasteiger partial charge is 0.440 e. The van der Waals surface area contributed by atoms with E-state index in [2.05, 4.69) is 238 Å². The fourth-order valence-electron chi connectivity index (χ4n) is 13.0. The van der Waals surface area contributed by atoms with Gasteiger partial charge in [-0.05, 0) is 186 Å². The molecule has 366 valence electrons. The average Bonchev–Trinajstić information content (AvgIpc) is 3.66. The highest BCUT2D eigenvalue weighted by Gasteiger charge is 2.48. The third-order valence-corrected chi connectivity index (χ3v) is 17.9. The summed E-state index contributed by atoms with van der Waals surface area (Å²) in [4.78, 5) is 5.13. The number of rotatable bonds is 3. The van der Waals surface area contributed by atoms with Crippen LogP contribution in [0.5, 0.6) is 0 Å². The van der Waals surface area contributed by atoms with Crippen molar-refractivity contribution in [1.29, 1.82) is 0 Å². The zero-order chi connectivity index (χ0) is 50.9. The Kier molecular flexibility index (Phi) is 10.3. The topological polar surface area (TPSA) is 19.6 Å². The van der Waals surface area contributed by atoms with Crippen molar-refractivity contribution in [1.82, 2.24) is 0 Å². The van der Waals surface area contributed by atoms with E-state index in [4.69, 9.17) is 4.42 Å². The molecule has 6 aromatic carbocycles. The second-order valence-electron chi connectivity index (χ2n) is 28.1. The smallest absolute Gasteiger partial charge is 0.257 e. The summed E-state index contributed by atoms with van der Waals surface area (Å²) in [7, 11) is 0. The highest BCUT2D eigenvalue weighted by atomic mass is 16.4. The third-order valence-electron chi connectivity index (χ3n) is 17.9. The van der Waals surface area contributed by atoms with E-state index in [-0.39, 0.29) is 44.6 Å².